The molecule has 0 bridgehead atoms. The second-order valence-electron chi connectivity index (χ2n) is 7.20. The van der Waals surface area contributed by atoms with Crippen molar-refractivity contribution in [3.05, 3.63) is 36.0 Å². The van der Waals surface area contributed by atoms with Crippen molar-refractivity contribution in [3.63, 3.8) is 0 Å². The predicted octanol–water partition coefficient (Wildman–Crippen LogP) is 3.33. The van der Waals surface area contributed by atoms with Gasteiger partial charge >= 0.3 is 6.18 Å². The van der Waals surface area contributed by atoms with Crippen molar-refractivity contribution >= 4 is 15.7 Å². The highest BCUT2D eigenvalue weighted by molar-refractivity contribution is 7.91. The third-order valence-corrected chi connectivity index (χ3v) is 6.67. The summed E-state index contributed by atoms with van der Waals surface area (Å²) < 4.78 is 65.9. The molecule has 1 fully saturated rings. The highest BCUT2D eigenvalue weighted by Crippen LogP contribution is 2.33. The molecule has 1 N–H and O–H groups in total. The Morgan fingerprint density at radius 3 is 2.52 bits per heavy atom. The van der Waals surface area contributed by atoms with E-state index >= 15 is 0 Å². The number of rotatable bonds is 6. The van der Waals surface area contributed by atoms with Crippen LogP contribution in [0.1, 0.15) is 25.3 Å². The molecule has 0 atom stereocenters. The fraction of sp³-hybridized carbons (Fsp3) is 0.368. The van der Waals surface area contributed by atoms with E-state index in [1.807, 2.05) is 0 Å². The van der Waals surface area contributed by atoms with Gasteiger partial charge in [0, 0.05) is 19.3 Å². The maximum atomic E-state index is 13.1. The number of hydrogen-bond acceptors (Lipinski definition) is 7. The van der Waals surface area contributed by atoms with Crippen LogP contribution in [-0.2, 0) is 23.1 Å². The average Bonchev–Trinajstić information content (AvgIpc) is 3.46. The first-order valence-electron chi connectivity index (χ1n) is 9.54. The van der Waals surface area contributed by atoms with Crippen LogP contribution < -0.4 is 5.32 Å². The normalized spacial score (nSPS) is 14.6. The van der Waals surface area contributed by atoms with Crippen LogP contribution in [0.25, 0.3) is 23.0 Å². The Morgan fingerprint density at radius 2 is 1.87 bits per heavy atom. The summed E-state index contributed by atoms with van der Waals surface area (Å²) in [5.74, 6) is 0.523. The number of anilines is 1. The number of nitrogens with zero attached hydrogens (tertiary/aromatic N) is 5. The monoisotopic (exact) mass is 452 g/mol. The van der Waals surface area contributed by atoms with E-state index < -0.39 is 21.6 Å². The summed E-state index contributed by atoms with van der Waals surface area (Å²) in [5.41, 5.74) is -0.825. The minimum Gasteiger partial charge on any atom is -0.367 e. The summed E-state index contributed by atoms with van der Waals surface area (Å²) >= 11 is 0. The van der Waals surface area contributed by atoms with Crippen molar-refractivity contribution in [2.24, 2.45) is 7.05 Å². The molecule has 8 nitrogen and oxygen atoms in total. The zero-order valence-corrected chi connectivity index (χ0v) is 17.5. The van der Waals surface area contributed by atoms with Gasteiger partial charge in [-0.3, -0.25) is 4.98 Å². The molecule has 1 saturated carbocycles. The Morgan fingerprint density at radius 1 is 1.16 bits per heavy atom. The highest BCUT2D eigenvalue weighted by Gasteiger charge is 2.32. The van der Waals surface area contributed by atoms with Gasteiger partial charge in [-0.1, -0.05) is 6.92 Å². The van der Waals surface area contributed by atoms with E-state index in [4.69, 9.17) is 0 Å². The molecular formula is C19H19F3N6O2S. The molecule has 0 radical (unpaired) electrons. The molecule has 1 aliphatic carbocycles. The molecule has 3 aromatic rings. The Balaban J connectivity index is 1.83. The molecule has 3 heterocycles. The third kappa shape index (κ3) is 4.24. The molecule has 31 heavy (non-hydrogen) atoms. The molecule has 0 aliphatic heterocycles. The number of aromatic nitrogens is 5. The second kappa shape index (κ2) is 7.59. The van der Waals surface area contributed by atoms with Crippen LogP contribution in [0.4, 0.5) is 19.0 Å². The van der Waals surface area contributed by atoms with E-state index in [-0.39, 0.29) is 33.7 Å². The van der Waals surface area contributed by atoms with Gasteiger partial charge in [0.1, 0.15) is 17.2 Å². The zero-order valence-electron chi connectivity index (χ0n) is 16.7. The molecule has 3 aromatic heterocycles. The van der Waals surface area contributed by atoms with Crippen molar-refractivity contribution in [2.75, 3.05) is 11.1 Å². The molecular weight excluding hydrogens is 433 g/mol. The number of alkyl halides is 3. The molecule has 12 heteroatoms. The number of sulfone groups is 1. The van der Waals surface area contributed by atoms with E-state index in [1.165, 1.54) is 24.6 Å². The maximum absolute atomic E-state index is 13.1. The van der Waals surface area contributed by atoms with Crippen molar-refractivity contribution < 1.29 is 21.6 Å². The van der Waals surface area contributed by atoms with E-state index in [1.54, 1.807) is 6.07 Å². The molecule has 164 valence electrons. The van der Waals surface area contributed by atoms with E-state index in [2.05, 4.69) is 25.5 Å². The molecule has 0 amide bonds. The van der Waals surface area contributed by atoms with Crippen molar-refractivity contribution in [3.8, 4) is 23.0 Å². The number of hydrogen-bond donors (Lipinski definition) is 1. The maximum Gasteiger partial charge on any atom is 0.416 e. The van der Waals surface area contributed by atoms with E-state index in [9.17, 15) is 21.6 Å². The summed E-state index contributed by atoms with van der Waals surface area (Å²) in [7, 11) is -2.12. The van der Waals surface area contributed by atoms with Gasteiger partial charge in [0.2, 0.25) is 0 Å². The van der Waals surface area contributed by atoms with E-state index in [0.29, 0.717) is 11.9 Å². The van der Waals surface area contributed by atoms with Gasteiger partial charge in [0.25, 0.3) is 0 Å². The lowest BCUT2D eigenvalue weighted by Crippen LogP contribution is -2.11. The SMILES string of the molecule is CCS(=O)(=O)c1ccc(NC2CC2)nc1-c1nnc(-c2cc(C(F)(F)F)ccn2)n1C. The Bertz CT molecular complexity index is 1240. The summed E-state index contributed by atoms with van der Waals surface area (Å²) in [6.45, 7) is 1.52. The summed E-state index contributed by atoms with van der Waals surface area (Å²) in [4.78, 5) is 8.40. The van der Waals surface area contributed by atoms with Crippen LogP contribution in [0.5, 0.6) is 0 Å². The molecule has 0 spiro atoms. The Hall–Kier alpha value is -3.02. The van der Waals surface area contributed by atoms with Gasteiger partial charge in [-0.15, -0.1) is 10.2 Å². The summed E-state index contributed by atoms with van der Waals surface area (Å²) in [5, 5.41) is 11.2. The summed E-state index contributed by atoms with van der Waals surface area (Å²) in [6, 6.07) is 5.08. The topological polar surface area (TPSA) is 103 Å². The summed E-state index contributed by atoms with van der Waals surface area (Å²) in [6.07, 6.45) is -1.49. The van der Waals surface area contributed by atoms with E-state index in [0.717, 1.165) is 31.2 Å². The van der Waals surface area contributed by atoms with Gasteiger partial charge < -0.3 is 9.88 Å². The molecule has 0 aromatic carbocycles. The Kier molecular flexibility index (Phi) is 5.20. The fourth-order valence-corrected chi connectivity index (χ4v) is 4.04. The number of pyridine rings is 2. The first-order chi connectivity index (χ1) is 14.6. The van der Waals surface area contributed by atoms with Crippen LogP contribution >= 0.6 is 0 Å². The lowest BCUT2D eigenvalue weighted by Gasteiger charge is -2.12. The smallest absolute Gasteiger partial charge is 0.367 e. The highest BCUT2D eigenvalue weighted by atomic mass is 32.2. The molecule has 0 unspecified atom stereocenters. The van der Waals surface area contributed by atoms with Crippen LogP contribution in [0.15, 0.2) is 35.4 Å². The largest absolute Gasteiger partial charge is 0.416 e. The first-order valence-corrected chi connectivity index (χ1v) is 11.2. The molecule has 1 aliphatic rings. The van der Waals surface area contributed by atoms with Gasteiger partial charge in [-0.05, 0) is 37.1 Å². The Labute approximate surface area is 176 Å². The molecule has 4 rings (SSSR count). The lowest BCUT2D eigenvalue weighted by atomic mass is 10.2. The van der Waals surface area contributed by atoms with Gasteiger partial charge in [-0.25, -0.2) is 13.4 Å². The predicted molar refractivity (Wildman–Crippen MR) is 107 cm³/mol. The third-order valence-electron chi connectivity index (χ3n) is 4.91. The zero-order chi connectivity index (χ0) is 22.4. The van der Waals surface area contributed by atoms with Crippen LogP contribution in [-0.4, -0.2) is 44.9 Å². The minimum absolute atomic E-state index is 0.0181. The quantitative estimate of drug-likeness (QED) is 0.612. The van der Waals surface area contributed by atoms with Crippen LogP contribution in [0.3, 0.4) is 0 Å². The molecule has 0 saturated heterocycles. The van der Waals surface area contributed by atoms with Gasteiger partial charge in [0.15, 0.2) is 21.5 Å². The second-order valence-corrected chi connectivity index (χ2v) is 9.45. The number of nitrogens with one attached hydrogen (secondary N) is 1. The van der Waals surface area contributed by atoms with Crippen molar-refractivity contribution in [1.82, 2.24) is 24.7 Å². The van der Waals surface area contributed by atoms with Crippen molar-refractivity contribution in [1.29, 1.82) is 0 Å². The van der Waals surface area contributed by atoms with Gasteiger partial charge in [-0.2, -0.15) is 13.2 Å². The van der Waals surface area contributed by atoms with Crippen LogP contribution in [0, 0.1) is 0 Å². The average molecular weight is 452 g/mol. The van der Waals surface area contributed by atoms with Crippen LogP contribution in [0.2, 0.25) is 0 Å². The number of halogens is 3. The lowest BCUT2D eigenvalue weighted by molar-refractivity contribution is -0.137. The first kappa shape index (κ1) is 21.2. The fourth-order valence-electron chi connectivity index (χ4n) is 3.02. The van der Waals surface area contributed by atoms with Crippen molar-refractivity contribution in [2.45, 2.75) is 36.9 Å². The van der Waals surface area contributed by atoms with Gasteiger partial charge in [0.05, 0.1) is 16.2 Å². The minimum atomic E-state index is -4.54. The standard InChI is InChI=1S/C19H19F3N6O2S/c1-3-31(29,30)14-6-7-15(24-12-4-5-12)25-16(14)18-27-26-17(28(18)2)13-10-11(8-9-23-13)19(20,21)22/h6-10,12H,3-5H2,1-2H3,(H,24,25).